The third kappa shape index (κ3) is 3.27. The number of carbonyl (C=O) groups is 1. The van der Waals surface area contributed by atoms with E-state index in [1.54, 1.807) is 0 Å². The molecule has 1 atom stereocenters. The highest BCUT2D eigenvalue weighted by Gasteiger charge is 2.26. The van der Waals surface area contributed by atoms with E-state index in [4.69, 9.17) is 4.74 Å². The van der Waals surface area contributed by atoms with Crippen molar-refractivity contribution < 1.29 is 9.53 Å². The van der Waals surface area contributed by atoms with Gasteiger partial charge in [0, 0.05) is 25.4 Å². The minimum atomic E-state index is 0.112. The Morgan fingerprint density at radius 3 is 2.81 bits per heavy atom. The average Bonchev–Trinajstić information content (AvgIpc) is 2.31. The van der Waals surface area contributed by atoms with Crippen LogP contribution in [0.1, 0.15) is 19.3 Å². The van der Waals surface area contributed by atoms with Crippen molar-refractivity contribution in [3.63, 3.8) is 0 Å². The molecule has 1 N–H and O–H groups in total. The second kappa shape index (κ2) is 5.75. The molecular formula is C12H22N2O2. The predicted octanol–water partition coefficient (Wildman–Crippen LogP) is 0.276. The molecule has 2 rings (SSSR count). The van der Waals surface area contributed by atoms with Gasteiger partial charge in [0.15, 0.2) is 0 Å². The van der Waals surface area contributed by atoms with E-state index < -0.39 is 0 Å². The van der Waals surface area contributed by atoms with Crippen molar-refractivity contribution in [2.24, 2.45) is 5.92 Å². The van der Waals surface area contributed by atoms with E-state index in [1.165, 1.54) is 0 Å². The van der Waals surface area contributed by atoms with E-state index in [-0.39, 0.29) is 12.0 Å². The van der Waals surface area contributed by atoms with Crippen molar-refractivity contribution in [1.29, 1.82) is 0 Å². The van der Waals surface area contributed by atoms with Gasteiger partial charge in [0.1, 0.15) is 5.78 Å². The Hall–Kier alpha value is -0.450. The van der Waals surface area contributed by atoms with E-state index in [9.17, 15) is 4.79 Å². The third-order valence-corrected chi connectivity index (χ3v) is 3.61. The van der Waals surface area contributed by atoms with Gasteiger partial charge in [-0.05, 0) is 33.0 Å². The first-order valence-corrected chi connectivity index (χ1v) is 6.29. The zero-order valence-corrected chi connectivity index (χ0v) is 10.1. The van der Waals surface area contributed by atoms with Crippen LogP contribution in [0.15, 0.2) is 0 Å². The number of hydrogen-bond donors (Lipinski definition) is 1. The van der Waals surface area contributed by atoms with Gasteiger partial charge in [0.05, 0.1) is 12.7 Å². The molecule has 2 aliphatic heterocycles. The molecule has 1 unspecified atom stereocenters. The maximum absolute atomic E-state index is 12.0. The smallest absolute Gasteiger partial charge is 0.138 e. The number of nitrogens with zero attached hydrogens (tertiary/aromatic N) is 1. The molecular weight excluding hydrogens is 204 g/mol. The normalized spacial score (nSPS) is 29.2. The number of hydrogen-bond acceptors (Lipinski definition) is 4. The summed E-state index contributed by atoms with van der Waals surface area (Å²) < 4.78 is 5.57. The molecule has 2 fully saturated rings. The monoisotopic (exact) mass is 226 g/mol. The first-order chi connectivity index (χ1) is 7.75. The Morgan fingerprint density at radius 2 is 2.19 bits per heavy atom. The zero-order valence-electron chi connectivity index (χ0n) is 10.1. The molecule has 0 saturated carbocycles. The van der Waals surface area contributed by atoms with Gasteiger partial charge < -0.3 is 15.0 Å². The van der Waals surface area contributed by atoms with Crippen molar-refractivity contribution in [2.75, 3.05) is 39.8 Å². The molecule has 0 radical (unpaired) electrons. The van der Waals surface area contributed by atoms with Crippen LogP contribution in [0.3, 0.4) is 0 Å². The Bertz CT molecular complexity index is 231. The second-order valence-electron chi connectivity index (χ2n) is 4.94. The Morgan fingerprint density at radius 1 is 1.44 bits per heavy atom. The topological polar surface area (TPSA) is 41.6 Å². The van der Waals surface area contributed by atoms with Gasteiger partial charge in [-0.15, -0.1) is 0 Å². The zero-order chi connectivity index (χ0) is 11.4. The predicted molar refractivity (Wildman–Crippen MR) is 62.5 cm³/mol. The van der Waals surface area contributed by atoms with Crippen LogP contribution in [0.4, 0.5) is 0 Å². The lowest BCUT2D eigenvalue weighted by atomic mass is 9.90. The molecule has 0 aromatic carbocycles. The molecule has 0 spiro atoms. The van der Waals surface area contributed by atoms with E-state index >= 15 is 0 Å². The number of ketones is 1. The van der Waals surface area contributed by atoms with Gasteiger partial charge in [0.25, 0.3) is 0 Å². The Labute approximate surface area is 97.3 Å². The Balaban J connectivity index is 1.74. The van der Waals surface area contributed by atoms with Gasteiger partial charge in [0.2, 0.25) is 0 Å². The first-order valence-electron chi connectivity index (χ1n) is 6.29. The summed E-state index contributed by atoms with van der Waals surface area (Å²) in [4.78, 5) is 14.3. The van der Waals surface area contributed by atoms with E-state index in [0.717, 1.165) is 45.6 Å². The molecule has 0 aromatic rings. The molecule has 4 heteroatoms. The fourth-order valence-corrected chi connectivity index (χ4v) is 2.47. The van der Waals surface area contributed by atoms with Gasteiger partial charge >= 0.3 is 0 Å². The summed E-state index contributed by atoms with van der Waals surface area (Å²) in [6, 6.07) is 0. The van der Waals surface area contributed by atoms with Gasteiger partial charge in [-0.3, -0.25) is 4.79 Å². The summed E-state index contributed by atoms with van der Waals surface area (Å²) in [6.45, 7) is 4.60. The largest absolute Gasteiger partial charge is 0.375 e. The number of nitrogens with one attached hydrogen (secondary N) is 1. The van der Waals surface area contributed by atoms with Crippen LogP contribution in [-0.2, 0) is 9.53 Å². The van der Waals surface area contributed by atoms with E-state index in [2.05, 4.69) is 17.3 Å². The number of ether oxygens (including phenoxy) is 1. The number of rotatable bonds is 3. The number of likely N-dealkylation sites (tertiary alicyclic amines) is 1. The quantitative estimate of drug-likeness (QED) is 0.750. The fraction of sp³-hybridized carbons (Fsp3) is 0.917. The highest BCUT2D eigenvalue weighted by molar-refractivity contribution is 5.81. The molecule has 16 heavy (non-hydrogen) atoms. The second-order valence-corrected chi connectivity index (χ2v) is 4.94. The van der Waals surface area contributed by atoms with Crippen LogP contribution in [0, 0.1) is 5.92 Å². The van der Waals surface area contributed by atoms with Crippen molar-refractivity contribution in [3.05, 3.63) is 0 Å². The van der Waals surface area contributed by atoms with E-state index in [1.807, 2.05) is 0 Å². The minimum Gasteiger partial charge on any atom is -0.375 e. The molecule has 92 valence electrons. The number of carbonyl (C=O) groups excluding carboxylic acids is 1. The van der Waals surface area contributed by atoms with Crippen LogP contribution >= 0.6 is 0 Å². The Kier molecular flexibility index (Phi) is 4.32. The lowest BCUT2D eigenvalue weighted by Gasteiger charge is -2.30. The third-order valence-electron chi connectivity index (χ3n) is 3.61. The summed E-state index contributed by atoms with van der Waals surface area (Å²) in [6.07, 6.45) is 2.76. The summed E-state index contributed by atoms with van der Waals surface area (Å²) >= 11 is 0. The highest BCUT2D eigenvalue weighted by Crippen LogP contribution is 2.19. The van der Waals surface area contributed by atoms with Crippen molar-refractivity contribution in [3.8, 4) is 0 Å². The average molecular weight is 226 g/mol. The molecule has 2 aliphatic rings. The lowest BCUT2D eigenvalue weighted by Crippen LogP contribution is -2.41. The molecule has 2 saturated heterocycles. The minimum absolute atomic E-state index is 0.112. The molecule has 4 nitrogen and oxygen atoms in total. The molecule has 0 aromatic heterocycles. The maximum Gasteiger partial charge on any atom is 0.138 e. The van der Waals surface area contributed by atoms with Crippen molar-refractivity contribution in [1.82, 2.24) is 10.2 Å². The molecule has 0 bridgehead atoms. The van der Waals surface area contributed by atoms with Gasteiger partial charge in [-0.1, -0.05) is 0 Å². The summed E-state index contributed by atoms with van der Waals surface area (Å²) in [5, 5.41) is 3.26. The summed E-state index contributed by atoms with van der Waals surface area (Å²) in [7, 11) is 2.12. The number of Topliss-reactive ketones (excluding diaryl/α,β-unsaturated/α-hetero) is 1. The molecule has 0 aliphatic carbocycles. The standard InChI is InChI=1S/C12H22N2O2/c1-14-5-2-10(3-6-14)12(15)8-11-9-13-4-7-16-11/h10-11,13H,2-9H2,1H3. The SMILES string of the molecule is CN1CCC(C(=O)CC2CNCCO2)CC1. The van der Waals surface area contributed by atoms with Crippen LogP contribution in [-0.4, -0.2) is 56.6 Å². The van der Waals surface area contributed by atoms with Crippen LogP contribution in [0.2, 0.25) is 0 Å². The lowest BCUT2D eigenvalue weighted by molar-refractivity contribution is -0.127. The van der Waals surface area contributed by atoms with Gasteiger partial charge in [-0.2, -0.15) is 0 Å². The number of morpholine rings is 1. The molecule has 0 amide bonds. The van der Waals surface area contributed by atoms with Crippen LogP contribution in [0.25, 0.3) is 0 Å². The van der Waals surface area contributed by atoms with E-state index in [0.29, 0.717) is 12.2 Å². The number of piperidine rings is 1. The van der Waals surface area contributed by atoms with Gasteiger partial charge in [-0.25, -0.2) is 0 Å². The maximum atomic E-state index is 12.0. The van der Waals surface area contributed by atoms with Crippen LogP contribution < -0.4 is 5.32 Å². The van der Waals surface area contributed by atoms with Crippen molar-refractivity contribution >= 4 is 5.78 Å². The van der Waals surface area contributed by atoms with Crippen LogP contribution in [0.5, 0.6) is 0 Å². The highest BCUT2D eigenvalue weighted by atomic mass is 16.5. The summed E-state index contributed by atoms with van der Waals surface area (Å²) in [5.41, 5.74) is 0. The first kappa shape index (κ1) is 12.0. The van der Waals surface area contributed by atoms with Crippen molar-refractivity contribution in [2.45, 2.75) is 25.4 Å². The fourth-order valence-electron chi connectivity index (χ4n) is 2.47. The summed E-state index contributed by atoms with van der Waals surface area (Å²) in [5.74, 6) is 0.684. The molecule has 2 heterocycles.